The third kappa shape index (κ3) is 5.19. The molecule has 4 aromatic rings. The first kappa shape index (κ1) is 22.7. The third-order valence-electron chi connectivity index (χ3n) is 5.99. The molecule has 168 valence electrons. The van der Waals surface area contributed by atoms with E-state index in [2.05, 4.69) is 24.3 Å². The highest BCUT2D eigenvalue weighted by molar-refractivity contribution is 7.98. The second-order valence-corrected chi connectivity index (χ2v) is 10.4. The molecule has 4 aliphatic heterocycles. The van der Waals surface area contributed by atoms with E-state index in [1.807, 2.05) is 72.1 Å². The Morgan fingerprint density at radius 3 is 1.32 bits per heavy atom. The standard InChI is InChI=1S/C30H24O2S2/c31-29-23-12-8-21(9-13-23)17-33-19-27-4-1-2-5-28(27)20-34-18-22-10-14-24(15-11-22)30(32)26-7-3-6-25(29)16-26/h1-16H,17-20H2. The van der Waals surface area contributed by atoms with E-state index in [0.717, 1.165) is 23.0 Å². The van der Waals surface area contributed by atoms with Gasteiger partial charge >= 0.3 is 0 Å². The first-order valence-corrected chi connectivity index (χ1v) is 13.6. The summed E-state index contributed by atoms with van der Waals surface area (Å²) in [6, 6.07) is 31.3. The highest BCUT2D eigenvalue weighted by Gasteiger charge is 2.14. The summed E-state index contributed by atoms with van der Waals surface area (Å²) >= 11 is 3.78. The lowest BCUT2D eigenvalue weighted by Gasteiger charge is -2.10. The van der Waals surface area contributed by atoms with Crippen molar-refractivity contribution in [3.8, 4) is 0 Å². The molecule has 0 spiro atoms. The maximum Gasteiger partial charge on any atom is 0.193 e. The van der Waals surface area contributed by atoms with Crippen molar-refractivity contribution in [2.75, 3.05) is 0 Å². The molecule has 0 amide bonds. The first-order chi connectivity index (χ1) is 16.7. The number of carbonyl (C=O) groups is 2. The van der Waals surface area contributed by atoms with Crippen LogP contribution < -0.4 is 0 Å². The van der Waals surface area contributed by atoms with E-state index in [4.69, 9.17) is 0 Å². The van der Waals surface area contributed by atoms with Crippen molar-refractivity contribution >= 4 is 35.1 Å². The summed E-state index contributed by atoms with van der Waals surface area (Å²) < 4.78 is 0. The minimum Gasteiger partial charge on any atom is -0.289 e. The monoisotopic (exact) mass is 480 g/mol. The van der Waals surface area contributed by atoms with Gasteiger partial charge in [0.05, 0.1) is 0 Å². The van der Waals surface area contributed by atoms with Crippen molar-refractivity contribution in [1.29, 1.82) is 0 Å². The number of hydrogen-bond acceptors (Lipinski definition) is 4. The van der Waals surface area contributed by atoms with Crippen molar-refractivity contribution in [3.05, 3.63) is 142 Å². The lowest BCUT2D eigenvalue weighted by Crippen LogP contribution is -2.06. The van der Waals surface area contributed by atoms with Gasteiger partial charge in [0.1, 0.15) is 0 Å². The van der Waals surface area contributed by atoms with Gasteiger partial charge in [0, 0.05) is 45.3 Å². The van der Waals surface area contributed by atoms with E-state index in [-0.39, 0.29) is 11.6 Å². The molecule has 0 saturated carbocycles. The molecule has 4 heterocycles. The predicted octanol–water partition coefficient (Wildman–Crippen LogP) is 7.33. The van der Waals surface area contributed by atoms with Gasteiger partial charge in [-0.2, -0.15) is 23.5 Å². The smallest absolute Gasteiger partial charge is 0.193 e. The Labute approximate surface area is 208 Å². The van der Waals surface area contributed by atoms with Crippen molar-refractivity contribution < 1.29 is 9.59 Å². The highest BCUT2D eigenvalue weighted by atomic mass is 32.2. The Morgan fingerprint density at radius 1 is 0.441 bits per heavy atom. The van der Waals surface area contributed by atoms with E-state index in [0.29, 0.717) is 22.3 Å². The van der Waals surface area contributed by atoms with Crippen LogP contribution in [0.4, 0.5) is 0 Å². The first-order valence-electron chi connectivity index (χ1n) is 11.3. The van der Waals surface area contributed by atoms with Crippen LogP contribution in [0.5, 0.6) is 0 Å². The molecule has 4 aliphatic rings. The summed E-state index contributed by atoms with van der Waals surface area (Å²) in [5.74, 6) is 3.57. The van der Waals surface area contributed by atoms with E-state index >= 15 is 0 Å². The van der Waals surface area contributed by atoms with Gasteiger partial charge in [0.25, 0.3) is 0 Å². The van der Waals surface area contributed by atoms with Gasteiger partial charge in [-0.05, 0) is 28.3 Å². The zero-order valence-corrected chi connectivity index (χ0v) is 20.3. The molecule has 4 heteroatoms. The quantitative estimate of drug-likeness (QED) is 0.264. The van der Waals surface area contributed by atoms with Gasteiger partial charge in [-0.3, -0.25) is 9.59 Å². The fourth-order valence-electron chi connectivity index (χ4n) is 4.04. The molecule has 0 atom stereocenters. The van der Waals surface area contributed by atoms with Crippen LogP contribution in [0.1, 0.15) is 54.1 Å². The fourth-order valence-corrected chi connectivity index (χ4v) is 6.10. The largest absolute Gasteiger partial charge is 0.289 e. The van der Waals surface area contributed by atoms with Crippen molar-refractivity contribution in [2.45, 2.75) is 23.0 Å². The predicted molar refractivity (Wildman–Crippen MR) is 143 cm³/mol. The van der Waals surface area contributed by atoms with Crippen LogP contribution in [0.2, 0.25) is 0 Å². The molecule has 6 bridgehead atoms. The normalized spacial score (nSPS) is 14.5. The Bertz CT molecular complexity index is 1230. The van der Waals surface area contributed by atoms with Crippen LogP contribution in [0.15, 0.2) is 97.1 Å². The SMILES string of the molecule is O=C1c2ccc(cc2)CSCc2ccccc2CSCc2ccc(cc2)C(=O)c2cccc1c2. The summed E-state index contributed by atoms with van der Waals surface area (Å²) in [6.45, 7) is 0. The summed E-state index contributed by atoms with van der Waals surface area (Å²) in [5.41, 5.74) is 7.48. The van der Waals surface area contributed by atoms with E-state index in [1.54, 1.807) is 24.3 Å². The molecule has 0 N–H and O–H groups in total. The maximum atomic E-state index is 13.1. The molecular weight excluding hydrogens is 456 g/mol. The Morgan fingerprint density at radius 2 is 0.882 bits per heavy atom. The van der Waals surface area contributed by atoms with E-state index < -0.39 is 0 Å². The highest BCUT2D eigenvalue weighted by Crippen LogP contribution is 2.26. The maximum absolute atomic E-state index is 13.1. The molecule has 2 nitrogen and oxygen atoms in total. The number of ketones is 2. The minimum absolute atomic E-state index is 0.0685. The lowest BCUT2D eigenvalue weighted by atomic mass is 9.97. The Balaban J connectivity index is 1.48. The van der Waals surface area contributed by atoms with Crippen molar-refractivity contribution in [1.82, 2.24) is 0 Å². The number of carbonyl (C=O) groups excluding carboxylic acids is 2. The summed E-state index contributed by atoms with van der Waals surface area (Å²) in [7, 11) is 0. The van der Waals surface area contributed by atoms with Crippen LogP contribution in [0, 0.1) is 0 Å². The fraction of sp³-hybridized carbons (Fsp3) is 0.133. The molecule has 4 aromatic carbocycles. The summed E-state index contributed by atoms with van der Waals surface area (Å²) in [4.78, 5) is 26.2. The van der Waals surface area contributed by atoms with Crippen LogP contribution in [0.3, 0.4) is 0 Å². The van der Waals surface area contributed by atoms with Crippen LogP contribution in [0.25, 0.3) is 0 Å². The number of rotatable bonds is 0. The Hall–Kier alpha value is -3.08. The molecule has 0 saturated heterocycles. The van der Waals surface area contributed by atoms with Gasteiger partial charge in [0.2, 0.25) is 0 Å². The summed E-state index contributed by atoms with van der Waals surface area (Å²) in [5, 5.41) is 0. The van der Waals surface area contributed by atoms with E-state index in [9.17, 15) is 9.59 Å². The molecule has 0 unspecified atom stereocenters. The molecule has 8 rings (SSSR count). The minimum atomic E-state index is -0.0685. The third-order valence-corrected chi connectivity index (χ3v) is 8.10. The second kappa shape index (κ2) is 10.5. The summed E-state index contributed by atoms with van der Waals surface area (Å²) in [6.07, 6.45) is 0. The van der Waals surface area contributed by atoms with Gasteiger partial charge in [-0.25, -0.2) is 0 Å². The topological polar surface area (TPSA) is 34.1 Å². The molecular formula is C30H24O2S2. The van der Waals surface area contributed by atoms with Crippen molar-refractivity contribution in [2.24, 2.45) is 0 Å². The molecule has 0 aromatic heterocycles. The van der Waals surface area contributed by atoms with Gasteiger partial charge in [-0.15, -0.1) is 0 Å². The number of thioether (sulfide) groups is 2. The second-order valence-electron chi connectivity index (χ2n) is 8.39. The van der Waals surface area contributed by atoms with Crippen LogP contribution in [-0.2, 0) is 23.0 Å². The lowest BCUT2D eigenvalue weighted by molar-refractivity contribution is 0.103. The molecule has 0 radical (unpaired) electrons. The van der Waals surface area contributed by atoms with Gasteiger partial charge < -0.3 is 0 Å². The molecule has 0 aliphatic carbocycles. The van der Waals surface area contributed by atoms with E-state index in [1.165, 1.54) is 22.3 Å². The van der Waals surface area contributed by atoms with Gasteiger partial charge in [-0.1, -0.05) is 91.0 Å². The van der Waals surface area contributed by atoms with Crippen molar-refractivity contribution in [3.63, 3.8) is 0 Å². The Kier molecular flexibility index (Phi) is 6.98. The zero-order valence-electron chi connectivity index (χ0n) is 18.7. The van der Waals surface area contributed by atoms with Crippen LogP contribution in [-0.4, -0.2) is 11.6 Å². The average Bonchev–Trinajstić information content (AvgIpc) is 2.89. The average molecular weight is 481 g/mol. The number of benzene rings is 4. The number of hydrogen-bond donors (Lipinski definition) is 0. The zero-order chi connectivity index (χ0) is 23.3. The van der Waals surface area contributed by atoms with Crippen LogP contribution >= 0.6 is 23.5 Å². The van der Waals surface area contributed by atoms with Gasteiger partial charge in [0.15, 0.2) is 11.6 Å². The molecule has 34 heavy (non-hydrogen) atoms. The molecule has 0 fully saturated rings.